The average Bonchev–Trinajstić information content (AvgIpc) is 2.57. The number of carbonyl (C=O) groups excluding carboxylic acids is 2. The lowest BCUT2D eigenvalue weighted by Crippen LogP contribution is -2.43. The van der Waals surface area contributed by atoms with Crippen molar-refractivity contribution in [1.29, 1.82) is 0 Å². The molecule has 0 saturated carbocycles. The molecule has 1 aromatic heterocycles. The minimum absolute atomic E-state index is 0.292. The number of pyridine rings is 1. The molecule has 1 heterocycles. The number of hydrogen-bond acceptors (Lipinski definition) is 4. The third-order valence-electron chi connectivity index (χ3n) is 3.69. The molecule has 0 saturated heterocycles. The van der Waals surface area contributed by atoms with Gasteiger partial charge >= 0.3 is 0 Å². The highest BCUT2D eigenvalue weighted by atomic mass is 16.3. The molecule has 7 nitrogen and oxygen atoms in total. The molecule has 1 aromatic carbocycles. The number of aromatic amines is 1. The highest BCUT2D eigenvalue weighted by molar-refractivity contribution is 6.02. The van der Waals surface area contributed by atoms with Crippen molar-refractivity contribution in [1.82, 2.24) is 15.8 Å². The molecule has 2 amide bonds. The number of amides is 2. The summed E-state index contributed by atoms with van der Waals surface area (Å²) in [5.41, 5.74) is 3.70. The average molecular weight is 331 g/mol. The number of hydrazine groups is 1. The summed E-state index contributed by atoms with van der Waals surface area (Å²) in [5, 5.41) is 10.5. The van der Waals surface area contributed by atoms with E-state index in [2.05, 4.69) is 22.8 Å². The van der Waals surface area contributed by atoms with Crippen LogP contribution in [0.1, 0.15) is 49.4 Å². The first-order chi connectivity index (χ1) is 11.5. The normalized spacial score (nSPS) is 10.5. The number of benzene rings is 1. The Morgan fingerprint density at radius 1 is 1.12 bits per heavy atom. The zero-order valence-electron chi connectivity index (χ0n) is 13.5. The Hall–Kier alpha value is -2.83. The molecule has 0 radical (unpaired) electrons. The van der Waals surface area contributed by atoms with Crippen LogP contribution in [-0.2, 0) is 4.79 Å². The third-order valence-corrected chi connectivity index (χ3v) is 3.69. The maximum atomic E-state index is 12.1. The number of fused-ring (bicyclic) bond motifs is 1. The molecule has 0 aliphatic carbocycles. The minimum atomic E-state index is -0.860. The molecule has 0 bridgehead atoms. The van der Waals surface area contributed by atoms with Gasteiger partial charge in [0, 0.05) is 11.8 Å². The molecule has 2 rings (SSSR count). The first-order valence-corrected chi connectivity index (χ1v) is 7.97. The SMILES string of the molecule is CCCCCCC(=O)NNC(=O)c1c(O)c2ccccc2[nH]c1=O. The molecule has 0 spiro atoms. The topological polar surface area (TPSA) is 111 Å². The second-order valence-corrected chi connectivity index (χ2v) is 5.54. The van der Waals surface area contributed by atoms with Gasteiger partial charge in [-0.2, -0.15) is 0 Å². The third kappa shape index (κ3) is 4.13. The number of nitrogens with one attached hydrogen (secondary N) is 3. The number of H-pyrrole nitrogens is 1. The first kappa shape index (κ1) is 17.5. The van der Waals surface area contributed by atoms with Gasteiger partial charge in [0.1, 0.15) is 11.3 Å². The lowest BCUT2D eigenvalue weighted by molar-refractivity contribution is -0.122. The van der Waals surface area contributed by atoms with E-state index in [-0.39, 0.29) is 5.91 Å². The smallest absolute Gasteiger partial charge is 0.279 e. The standard InChI is InChI=1S/C17H21N3O4/c1-2-3-4-5-10-13(21)19-20-17(24)14-15(22)11-8-6-7-9-12(11)18-16(14)23/h6-9H,2-5,10H2,1H3,(H,19,21)(H,20,24)(H2,18,22,23). The van der Waals surface area contributed by atoms with Crippen LogP contribution in [0.15, 0.2) is 29.1 Å². The Balaban J connectivity index is 2.04. The van der Waals surface area contributed by atoms with Gasteiger partial charge in [0.05, 0.1) is 5.52 Å². The van der Waals surface area contributed by atoms with E-state index in [1.54, 1.807) is 24.3 Å². The van der Waals surface area contributed by atoms with Crippen molar-refractivity contribution in [3.05, 3.63) is 40.2 Å². The van der Waals surface area contributed by atoms with Crippen LogP contribution >= 0.6 is 0 Å². The Morgan fingerprint density at radius 2 is 1.88 bits per heavy atom. The van der Waals surface area contributed by atoms with Crippen LogP contribution in [-0.4, -0.2) is 21.9 Å². The van der Waals surface area contributed by atoms with E-state index in [1.165, 1.54) is 0 Å². The van der Waals surface area contributed by atoms with Crippen molar-refractivity contribution in [2.45, 2.75) is 39.0 Å². The molecule has 0 aliphatic rings. The molecule has 0 fully saturated rings. The van der Waals surface area contributed by atoms with Gasteiger partial charge in [-0.1, -0.05) is 38.3 Å². The van der Waals surface area contributed by atoms with Gasteiger partial charge in [0.2, 0.25) is 5.91 Å². The molecule has 7 heteroatoms. The fraction of sp³-hybridized carbons (Fsp3) is 0.353. The molecular formula is C17H21N3O4. The number of aromatic nitrogens is 1. The van der Waals surface area contributed by atoms with Crippen LogP contribution in [0.2, 0.25) is 0 Å². The zero-order valence-corrected chi connectivity index (χ0v) is 13.5. The van der Waals surface area contributed by atoms with E-state index in [9.17, 15) is 19.5 Å². The Bertz CT molecular complexity index is 798. The summed E-state index contributed by atoms with van der Waals surface area (Å²) in [5.74, 6) is -1.61. The van der Waals surface area contributed by atoms with Crippen LogP contribution in [0.3, 0.4) is 0 Å². The fourth-order valence-corrected chi connectivity index (χ4v) is 2.40. The summed E-state index contributed by atoms with van der Waals surface area (Å²) in [7, 11) is 0. The number of hydrogen-bond donors (Lipinski definition) is 4. The first-order valence-electron chi connectivity index (χ1n) is 7.97. The zero-order chi connectivity index (χ0) is 17.5. The lowest BCUT2D eigenvalue weighted by Gasteiger charge is -2.09. The summed E-state index contributed by atoms with van der Waals surface area (Å²) in [6, 6.07) is 6.59. The van der Waals surface area contributed by atoms with Crippen molar-refractivity contribution in [2.75, 3.05) is 0 Å². The van der Waals surface area contributed by atoms with E-state index in [1.807, 2.05) is 0 Å². The predicted octanol–water partition coefficient (Wildman–Crippen LogP) is 1.97. The monoisotopic (exact) mass is 331 g/mol. The van der Waals surface area contributed by atoms with Crippen molar-refractivity contribution in [2.24, 2.45) is 0 Å². The van der Waals surface area contributed by atoms with Gasteiger partial charge in [-0.05, 0) is 18.6 Å². The van der Waals surface area contributed by atoms with Crippen molar-refractivity contribution in [3.63, 3.8) is 0 Å². The minimum Gasteiger partial charge on any atom is -0.506 e. The van der Waals surface area contributed by atoms with Crippen LogP contribution in [0.4, 0.5) is 0 Å². The van der Waals surface area contributed by atoms with Crippen molar-refractivity contribution >= 4 is 22.7 Å². The van der Waals surface area contributed by atoms with E-state index < -0.39 is 22.8 Å². The van der Waals surface area contributed by atoms with Crippen LogP contribution in [0.5, 0.6) is 5.75 Å². The van der Waals surface area contributed by atoms with Crippen LogP contribution in [0.25, 0.3) is 10.9 Å². The van der Waals surface area contributed by atoms with E-state index >= 15 is 0 Å². The second-order valence-electron chi connectivity index (χ2n) is 5.54. The summed E-state index contributed by atoms with van der Waals surface area (Å²) < 4.78 is 0. The second kappa shape index (κ2) is 8.14. The quantitative estimate of drug-likeness (QED) is 0.479. The molecule has 0 unspecified atom stereocenters. The summed E-state index contributed by atoms with van der Waals surface area (Å²) in [6.45, 7) is 2.08. The maximum Gasteiger partial charge on any atom is 0.279 e. The highest BCUT2D eigenvalue weighted by Crippen LogP contribution is 2.24. The number of rotatable bonds is 6. The summed E-state index contributed by atoms with van der Waals surface area (Å²) in [4.78, 5) is 38.3. The Labute approximate surface area is 139 Å². The van der Waals surface area contributed by atoms with Gasteiger partial charge in [0.15, 0.2) is 0 Å². The van der Waals surface area contributed by atoms with E-state index in [4.69, 9.17) is 0 Å². The fourth-order valence-electron chi connectivity index (χ4n) is 2.40. The van der Waals surface area contributed by atoms with Crippen molar-refractivity contribution in [3.8, 4) is 5.75 Å². The van der Waals surface area contributed by atoms with E-state index in [0.717, 1.165) is 25.7 Å². The lowest BCUT2D eigenvalue weighted by atomic mass is 10.1. The number of carbonyl (C=O) groups is 2. The van der Waals surface area contributed by atoms with Gasteiger partial charge < -0.3 is 10.1 Å². The molecule has 0 aliphatic heterocycles. The highest BCUT2D eigenvalue weighted by Gasteiger charge is 2.19. The molecule has 24 heavy (non-hydrogen) atoms. The van der Waals surface area contributed by atoms with Crippen LogP contribution in [0, 0.1) is 0 Å². The number of unbranched alkanes of at least 4 members (excludes halogenated alkanes) is 3. The Morgan fingerprint density at radius 3 is 2.62 bits per heavy atom. The molecule has 4 N–H and O–H groups in total. The van der Waals surface area contributed by atoms with Gasteiger partial charge in [-0.25, -0.2) is 0 Å². The maximum absolute atomic E-state index is 12.1. The van der Waals surface area contributed by atoms with E-state index in [0.29, 0.717) is 17.3 Å². The molecule has 128 valence electrons. The molecule has 0 atom stereocenters. The Kier molecular flexibility index (Phi) is 5.95. The molecular weight excluding hydrogens is 310 g/mol. The number of para-hydroxylation sites is 1. The number of aromatic hydroxyl groups is 1. The van der Waals surface area contributed by atoms with Gasteiger partial charge in [-0.15, -0.1) is 0 Å². The largest absolute Gasteiger partial charge is 0.506 e. The molecule has 2 aromatic rings. The van der Waals surface area contributed by atoms with Gasteiger partial charge in [0.25, 0.3) is 11.5 Å². The van der Waals surface area contributed by atoms with Gasteiger partial charge in [-0.3, -0.25) is 25.2 Å². The summed E-state index contributed by atoms with van der Waals surface area (Å²) >= 11 is 0. The van der Waals surface area contributed by atoms with Crippen LogP contribution < -0.4 is 16.4 Å². The summed E-state index contributed by atoms with van der Waals surface area (Å²) in [6.07, 6.45) is 4.10. The predicted molar refractivity (Wildman–Crippen MR) is 90.6 cm³/mol. The van der Waals surface area contributed by atoms with Crippen molar-refractivity contribution < 1.29 is 14.7 Å².